The number of fused-ring (bicyclic) bond motifs is 1. The van der Waals surface area contributed by atoms with Crippen molar-refractivity contribution in [3.8, 4) is 11.6 Å². The van der Waals surface area contributed by atoms with Gasteiger partial charge in [-0.2, -0.15) is 4.98 Å². The van der Waals surface area contributed by atoms with Crippen molar-refractivity contribution >= 4 is 62.1 Å². The molecule has 18 nitrogen and oxygen atoms in total. The second kappa shape index (κ2) is 19.0. The predicted octanol–water partition coefficient (Wildman–Crippen LogP) is 7.22. The molecule has 0 fully saturated rings. The number of carbonyl (C=O) groups excluding carboxylic acids is 2. The Kier molecular flexibility index (Phi) is 14.7. The Hall–Kier alpha value is -6.30. The van der Waals surface area contributed by atoms with Crippen LogP contribution in [0.1, 0.15) is 97.3 Å². The van der Waals surface area contributed by atoms with Gasteiger partial charge in [0.15, 0.2) is 17.4 Å². The number of nitrogens with two attached hydrogens (primary N) is 1. The first-order chi connectivity index (χ1) is 31.1. The summed E-state index contributed by atoms with van der Waals surface area (Å²) in [6.07, 6.45) is 0.944. The molecule has 24 heteroatoms. The van der Waals surface area contributed by atoms with Crippen LogP contribution in [-0.2, 0) is 40.6 Å². The molecule has 68 heavy (non-hydrogen) atoms. The number of sulfonamides is 2. The topological polar surface area (TPSA) is 226 Å². The second-order valence-electron chi connectivity index (χ2n) is 18.5. The van der Waals surface area contributed by atoms with Gasteiger partial charge in [-0.1, -0.05) is 12.1 Å². The van der Waals surface area contributed by atoms with E-state index in [1.54, 1.807) is 41.5 Å². The van der Waals surface area contributed by atoms with E-state index in [1.165, 1.54) is 58.3 Å². The third-order valence-corrected chi connectivity index (χ3v) is 13.8. The van der Waals surface area contributed by atoms with Crippen molar-refractivity contribution in [2.24, 2.45) is 15.7 Å². The zero-order valence-corrected chi connectivity index (χ0v) is 41.1. The van der Waals surface area contributed by atoms with Gasteiger partial charge in [0.1, 0.15) is 46.6 Å². The minimum atomic E-state index is -4.23. The summed E-state index contributed by atoms with van der Waals surface area (Å²) in [5.74, 6) is -4.68. The van der Waals surface area contributed by atoms with E-state index in [1.807, 2.05) is 6.92 Å². The molecule has 0 saturated heterocycles. The van der Waals surface area contributed by atoms with E-state index < -0.39 is 95.3 Å². The number of rotatable bonds is 5. The van der Waals surface area contributed by atoms with Crippen LogP contribution in [0.2, 0.25) is 0 Å². The van der Waals surface area contributed by atoms with Crippen LogP contribution in [0.15, 0.2) is 58.4 Å². The van der Waals surface area contributed by atoms with E-state index >= 15 is 0 Å². The van der Waals surface area contributed by atoms with Gasteiger partial charge in [-0.25, -0.2) is 67.6 Å². The molecule has 3 aromatic rings. The smallest absolute Gasteiger partial charge is 0.427 e. The summed E-state index contributed by atoms with van der Waals surface area (Å²) in [6, 6.07) is 7.44. The van der Waals surface area contributed by atoms with Gasteiger partial charge in [0, 0.05) is 25.2 Å². The van der Waals surface area contributed by atoms with Crippen LogP contribution in [0.4, 0.5) is 27.2 Å². The lowest BCUT2D eigenvalue weighted by Gasteiger charge is -2.39. The van der Waals surface area contributed by atoms with E-state index in [4.69, 9.17) is 24.7 Å². The first-order valence-electron chi connectivity index (χ1n) is 20.8. The standard InChI is InChI=1S/C24H33F2N3O6S.C20H21F2N5O4S/c1-15(25)12-16-10-11-18(26)17(13-16)24(8)14-36(32,33)28(9)19(27-24)29(20(30)34-22(2,3)4)21(31)35-23(5,6)7;1-11-9-30-18-16(31-11)8-24-17(25-18)15(22)7-12-4-5-14(21)13(6-12)20(2)10-32(28,29)27(3)19(23)26-20/h10-13H,14H2,1-9H3;4-8,11H,9-10H2,1-3H3,(H2,23,26)/b15-12-;15-7-/t24-;11-,20+/m01/s1. The molecule has 0 bridgehead atoms. The molecule has 2 amide bonds. The van der Waals surface area contributed by atoms with Gasteiger partial charge in [-0.05, 0) is 117 Å². The first-order valence-corrected chi connectivity index (χ1v) is 24.0. The third-order valence-electron chi connectivity index (χ3n) is 9.95. The average Bonchev–Trinajstić information content (AvgIpc) is 3.18. The van der Waals surface area contributed by atoms with Crippen LogP contribution in [0.5, 0.6) is 11.6 Å². The van der Waals surface area contributed by atoms with E-state index in [2.05, 4.69) is 20.0 Å². The average molecular weight is 995 g/mol. The Bertz CT molecular complexity index is 2820. The Morgan fingerprint density at radius 1 is 0.838 bits per heavy atom. The third kappa shape index (κ3) is 12.2. The molecule has 1 aromatic heterocycles. The number of aliphatic imine (C=N–C) groups is 2. The second-order valence-corrected chi connectivity index (χ2v) is 22.5. The maximum absolute atomic E-state index is 15.0. The van der Waals surface area contributed by atoms with Crippen LogP contribution in [0.25, 0.3) is 18.0 Å². The molecular formula is C44H54F4N8O10S2. The summed E-state index contributed by atoms with van der Waals surface area (Å²) in [6.45, 7) is 15.5. The van der Waals surface area contributed by atoms with Crippen molar-refractivity contribution in [3.05, 3.63) is 88.1 Å². The van der Waals surface area contributed by atoms with Crippen LogP contribution in [0.3, 0.4) is 0 Å². The fraction of sp³-hybridized carbons (Fsp3) is 0.455. The fourth-order valence-corrected chi connectivity index (χ4v) is 9.75. The Balaban J connectivity index is 0.000000255. The number of hydrogen-bond donors (Lipinski definition) is 1. The number of imide groups is 1. The number of halogens is 4. The lowest BCUT2D eigenvalue weighted by Crippen LogP contribution is -2.58. The SMILES string of the molecule is C/C(F)=C/c1ccc(F)c([C@]2(C)CS(=O)(=O)N(C)C(N(C(=O)OC(C)(C)C)C(=O)OC(C)(C)C)=N2)c1.C[C@@H]1COc2nc(/C(F)=C/c3ccc(F)c([C@]4(C)CS(=O)(=O)N(C)C(N)=N4)c3)ncc2O1. The predicted molar refractivity (Wildman–Crippen MR) is 245 cm³/mol. The Morgan fingerprint density at radius 3 is 1.81 bits per heavy atom. The van der Waals surface area contributed by atoms with E-state index in [0.717, 1.165) is 35.6 Å². The fourth-order valence-electron chi connectivity index (χ4n) is 6.80. The molecule has 0 radical (unpaired) electrons. The van der Waals surface area contributed by atoms with Gasteiger partial charge in [0.2, 0.25) is 32.0 Å². The number of guanidine groups is 2. The molecule has 0 aliphatic carbocycles. The molecule has 0 saturated carbocycles. The maximum atomic E-state index is 15.0. The van der Waals surface area contributed by atoms with Gasteiger partial charge in [0.25, 0.3) is 5.88 Å². The molecule has 3 aliphatic heterocycles. The van der Waals surface area contributed by atoms with Crippen molar-refractivity contribution < 1.29 is 62.9 Å². The molecular weight excluding hydrogens is 941 g/mol. The number of hydrogen-bond acceptors (Lipinski definition) is 15. The number of allylic oxidation sites excluding steroid dienone is 1. The number of aromatic nitrogens is 2. The van der Waals surface area contributed by atoms with Gasteiger partial charge in [-0.3, -0.25) is 0 Å². The summed E-state index contributed by atoms with van der Waals surface area (Å²) in [5, 5.41) is 0. The van der Waals surface area contributed by atoms with Crippen molar-refractivity contribution in [3.63, 3.8) is 0 Å². The number of ether oxygens (including phenoxy) is 4. The van der Waals surface area contributed by atoms with Crippen molar-refractivity contribution in [1.29, 1.82) is 0 Å². The molecule has 0 spiro atoms. The number of carbonyl (C=O) groups is 2. The lowest BCUT2D eigenvalue weighted by atomic mass is 9.92. The molecule has 370 valence electrons. The van der Waals surface area contributed by atoms with E-state index in [9.17, 15) is 44.0 Å². The van der Waals surface area contributed by atoms with E-state index in [-0.39, 0.29) is 52.6 Å². The molecule has 2 N–H and O–H groups in total. The summed E-state index contributed by atoms with van der Waals surface area (Å²) < 4.78 is 132. The first kappa shape index (κ1) is 52.7. The van der Waals surface area contributed by atoms with Crippen LogP contribution in [0, 0.1) is 11.6 Å². The Labute approximate surface area is 392 Å². The van der Waals surface area contributed by atoms with Crippen molar-refractivity contribution in [2.75, 3.05) is 32.2 Å². The number of amides is 2. The van der Waals surface area contributed by atoms with Crippen molar-refractivity contribution in [1.82, 2.24) is 23.5 Å². The molecule has 6 rings (SSSR count). The van der Waals surface area contributed by atoms with Gasteiger partial charge < -0.3 is 24.7 Å². The van der Waals surface area contributed by atoms with Crippen molar-refractivity contribution in [2.45, 2.75) is 97.6 Å². The summed E-state index contributed by atoms with van der Waals surface area (Å²) in [5.41, 5.74) is 0.702. The monoisotopic (exact) mass is 994 g/mol. The largest absolute Gasteiger partial charge is 0.480 e. The van der Waals surface area contributed by atoms with Gasteiger partial charge in [-0.15, -0.1) is 4.90 Å². The number of nitrogens with zero attached hydrogens (tertiary/aromatic N) is 7. The molecule has 3 atom stereocenters. The highest BCUT2D eigenvalue weighted by Gasteiger charge is 2.48. The zero-order valence-electron chi connectivity index (χ0n) is 39.5. The zero-order chi connectivity index (χ0) is 51.1. The minimum Gasteiger partial charge on any atom is -0.480 e. The van der Waals surface area contributed by atoms with E-state index in [0.29, 0.717) is 15.0 Å². The highest BCUT2D eigenvalue weighted by Crippen LogP contribution is 2.38. The molecule has 3 aliphatic rings. The molecule has 2 aromatic carbocycles. The maximum Gasteiger partial charge on any atom is 0.427 e. The van der Waals surface area contributed by atoms with Gasteiger partial charge in [0.05, 0.1) is 23.5 Å². The van der Waals surface area contributed by atoms with Crippen LogP contribution >= 0.6 is 0 Å². The quantitative estimate of drug-likeness (QED) is 0.250. The summed E-state index contributed by atoms with van der Waals surface area (Å²) in [4.78, 5) is 43.1. The Morgan fingerprint density at radius 2 is 1.32 bits per heavy atom. The molecule has 0 unspecified atom stereocenters. The number of benzene rings is 2. The minimum absolute atomic E-state index is 0.0317. The normalized spacial score (nSPS) is 22.5. The summed E-state index contributed by atoms with van der Waals surface area (Å²) in [7, 11) is -5.65. The highest BCUT2D eigenvalue weighted by atomic mass is 32.2. The van der Waals surface area contributed by atoms with Crippen LogP contribution < -0.4 is 15.2 Å². The summed E-state index contributed by atoms with van der Waals surface area (Å²) >= 11 is 0. The molecule has 4 heterocycles. The lowest BCUT2D eigenvalue weighted by molar-refractivity contribution is 0.0132. The van der Waals surface area contributed by atoms with Gasteiger partial charge >= 0.3 is 12.2 Å². The van der Waals surface area contributed by atoms with Crippen LogP contribution in [-0.4, -0.2) is 114 Å². The highest BCUT2D eigenvalue weighted by molar-refractivity contribution is 7.90.